The molecule has 156 valence electrons. The first-order valence-electron chi connectivity index (χ1n) is 9.90. The molecule has 31 heavy (non-hydrogen) atoms. The molecule has 0 radical (unpaired) electrons. The van der Waals surface area contributed by atoms with Crippen LogP contribution in [0.2, 0.25) is 0 Å². The SMILES string of the molecule is COc1cc(-c2nc3cc4c(cc3[nH]2)n(O)c2ccccc2[n+]4=O)ccc1OC(C)C. The average molecular weight is 417 g/mol. The van der Waals surface area contributed by atoms with Gasteiger partial charge in [-0.2, -0.15) is 4.73 Å². The molecule has 0 atom stereocenters. The maximum Gasteiger partial charge on any atom is 0.292 e. The highest BCUT2D eigenvalue weighted by molar-refractivity contribution is 5.93. The molecule has 0 spiro atoms. The standard InChI is InChI=1S/C23H21N4O4/c1-13(2)31-21-9-8-14(10-22(21)30-3)23-24-15-11-19-20(12-16(15)25-23)27(29)18-7-5-4-6-17(18)26(19)28/h4-13,28H,1-3H3,(H,24,25)/q+1. The van der Waals surface area contributed by atoms with Gasteiger partial charge in [-0.3, -0.25) is 0 Å². The molecule has 5 aromatic rings. The van der Waals surface area contributed by atoms with Crippen molar-refractivity contribution in [3.05, 3.63) is 59.5 Å². The number of hydrogen-bond donors (Lipinski definition) is 2. The fourth-order valence-corrected chi connectivity index (χ4v) is 3.74. The van der Waals surface area contributed by atoms with Crippen LogP contribution in [0.4, 0.5) is 0 Å². The molecule has 5 rings (SSSR count). The molecule has 0 saturated carbocycles. The lowest BCUT2D eigenvalue weighted by Gasteiger charge is -2.14. The summed E-state index contributed by atoms with van der Waals surface area (Å²) < 4.78 is 13.1. The third kappa shape index (κ3) is 3.04. The number of aromatic amines is 1. The van der Waals surface area contributed by atoms with Crippen molar-refractivity contribution in [2.75, 3.05) is 7.11 Å². The Morgan fingerprint density at radius 3 is 2.61 bits per heavy atom. The lowest BCUT2D eigenvalue weighted by molar-refractivity contribution is -0.433. The van der Waals surface area contributed by atoms with E-state index in [9.17, 15) is 10.1 Å². The molecule has 2 aromatic heterocycles. The van der Waals surface area contributed by atoms with E-state index in [0.717, 1.165) is 14.7 Å². The van der Waals surface area contributed by atoms with Crippen LogP contribution in [0.3, 0.4) is 0 Å². The molecule has 0 unspecified atom stereocenters. The zero-order valence-electron chi connectivity index (χ0n) is 17.3. The monoisotopic (exact) mass is 417 g/mol. The molecule has 0 saturated heterocycles. The Labute approximate surface area is 176 Å². The molecule has 0 aliphatic heterocycles. The van der Waals surface area contributed by atoms with Gasteiger partial charge in [0.2, 0.25) is 0 Å². The lowest BCUT2D eigenvalue weighted by atomic mass is 10.2. The van der Waals surface area contributed by atoms with Crippen LogP contribution in [0.25, 0.3) is 44.5 Å². The predicted octanol–water partition coefficient (Wildman–Crippen LogP) is 4.29. The van der Waals surface area contributed by atoms with E-state index in [2.05, 4.69) is 9.97 Å². The van der Waals surface area contributed by atoms with Gasteiger partial charge < -0.3 is 19.7 Å². The van der Waals surface area contributed by atoms with Crippen molar-refractivity contribution in [1.82, 2.24) is 14.7 Å². The zero-order chi connectivity index (χ0) is 21.7. The van der Waals surface area contributed by atoms with E-state index >= 15 is 0 Å². The Bertz CT molecular complexity index is 1520. The molecule has 8 heteroatoms. The van der Waals surface area contributed by atoms with Gasteiger partial charge in [-0.25, -0.2) is 4.98 Å². The van der Waals surface area contributed by atoms with Gasteiger partial charge in [0.25, 0.3) is 11.0 Å². The molecule has 0 bridgehead atoms. The highest BCUT2D eigenvalue weighted by Gasteiger charge is 2.20. The summed E-state index contributed by atoms with van der Waals surface area (Å²) in [7, 11) is 1.59. The molecule has 0 aliphatic rings. The summed E-state index contributed by atoms with van der Waals surface area (Å²) in [5.41, 5.74) is 3.63. The van der Waals surface area contributed by atoms with Gasteiger partial charge in [0.1, 0.15) is 5.82 Å². The minimum atomic E-state index is 0.0258. The maximum absolute atomic E-state index is 12.9. The predicted molar refractivity (Wildman–Crippen MR) is 117 cm³/mol. The quantitative estimate of drug-likeness (QED) is 0.258. The van der Waals surface area contributed by atoms with Crippen LogP contribution < -0.4 is 13.9 Å². The summed E-state index contributed by atoms with van der Waals surface area (Å²) in [5, 5.41) is 10.7. The minimum Gasteiger partial charge on any atom is -0.493 e. The molecular formula is C23H21N4O4+. The van der Waals surface area contributed by atoms with Crippen molar-refractivity contribution >= 4 is 33.1 Å². The molecule has 8 nitrogen and oxygen atoms in total. The number of aromatic nitrogens is 4. The number of ether oxygens (including phenoxy) is 2. The van der Waals surface area contributed by atoms with Crippen molar-refractivity contribution in [3.63, 3.8) is 0 Å². The number of nitrogens with one attached hydrogen (secondary N) is 1. The van der Waals surface area contributed by atoms with Crippen LogP contribution in [0.15, 0.2) is 54.6 Å². The number of imidazole rings is 1. The summed E-state index contributed by atoms with van der Waals surface area (Å²) in [6, 6.07) is 15.9. The largest absolute Gasteiger partial charge is 0.493 e. The fourth-order valence-electron chi connectivity index (χ4n) is 3.74. The molecular weight excluding hydrogens is 396 g/mol. The zero-order valence-corrected chi connectivity index (χ0v) is 17.3. The second kappa shape index (κ2) is 7.02. The second-order valence-corrected chi connectivity index (χ2v) is 7.57. The smallest absolute Gasteiger partial charge is 0.292 e. The summed E-state index contributed by atoms with van der Waals surface area (Å²) in [6.45, 7) is 3.91. The number of fused-ring (bicyclic) bond motifs is 3. The first-order valence-corrected chi connectivity index (χ1v) is 9.90. The fraction of sp³-hybridized carbons (Fsp3) is 0.174. The molecule has 3 aromatic carbocycles. The Morgan fingerprint density at radius 2 is 1.84 bits per heavy atom. The van der Waals surface area contributed by atoms with Crippen LogP contribution >= 0.6 is 0 Å². The lowest BCUT2D eigenvalue weighted by Crippen LogP contribution is -2.20. The highest BCUT2D eigenvalue weighted by Crippen LogP contribution is 2.33. The number of H-pyrrole nitrogens is 1. The molecule has 2 N–H and O–H groups in total. The van der Waals surface area contributed by atoms with Crippen molar-refractivity contribution < 1.29 is 19.1 Å². The van der Waals surface area contributed by atoms with Crippen LogP contribution in [-0.2, 0) is 0 Å². The summed E-state index contributed by atoms with van der Waals surface area (Å²) in [5.74, 6) is 1.88. The summed E-state index contributed by atoms with van der Waals surface area (Å²) in [6.07, 6.45) is 0.0258. The number of para-hydroxylation sites is 2. The second-order valence-electron chi connectivity index (χ2n) is 7.57. The number of nitrogens with zero attached hydrogens (tertiary/aromatic N) is 3. The summed E-state index contributed by atoms with van der Waals surface area (Å²) >= 11 is 0. The van der Waals surface area contributed by atoms with E-state index in [1.165, 1.54) is 0 Å². The Hall–Kier alpha value is -4.07. The van der Waals surface area contributed by atoms with Gasteiger partial charge in [0, 0.05) is 22.6 Å². The topological polar surface area (TPSA) is 95.3 Å². The van der Waals surface area contributed by atoms with Crippen LogP contribution in [0, 0.1) is 4.91 Å². The van der Waals surface area contributed by atoms with E-state index in [-0.39, 0.29) is 6.10 Å². The normalized spacial score (nSPS) is 11.6. The minimum absolute atomic E-state index is 0.0258. The first kappa shape index (κ1) is 18.9. The number of hydrogen-bond acceptors (Lipinski definition) is 5. The van der Waals surface area contributed by atoms with Crippen LogP contribution in [-0.4, -0.2) is 33.1 Å². The van der Waals surface area contributed by atoms with Crippen LogP contribution in [0.5, 0.6) is 11.5 Å². The Balaban J connectivity index is 1.69. The first-order chi connectivity index (χ1) is 15.0. The van der Waals surface area contributed by atoms with E-state index in [4.69, 9.17) is 9.47 Å². The van der Waals surface area contributed by atoms with Gasteiger partial charge in [-0.1, -0.05) is 12.1 Å². The van der Waals surface area contributed by atoms with Gasteiger partial charge in [0.05, 0.1) is 28.7 Å². The Morgan fingerprint density at radius 1 is 1.03 bits per heavy atom. The molecule has 0 amide bonds. The van der Waals surface area contributed by atoms with Crippen molar-refractivity contribution in [3.8, 4) is 22.9 Å². The summed E-state index contributed by atoms with van der Waals surface area (Å²) in [4.78, 5) is 20.8. The third-order valence-corrected chi connectivity index (χ3v) is 5.15. The van der Waals surface area contributed by atoms with Crippen molar-refractivity contribution in [2.24, 2.45) is 0 Å². The van der Waals surface area contributed by atoms with Crippen LogP contribution in [0.1, 0.15) is 13.8 Å². The average Bonchev–Trinajstić information content (AvgIpc) is 3.19. The molecule has 0 fully saturated rings. The van der Waals surface area contributed by atoms with Gasteiger partial charge >= 0.3 is 0 Å². The van der Waals surface area contributed by atoms with E-state index in [1.807, 2.05) is 32.0 Å². The van der Waals surface area contributed by atoms with E-state index in [0.29, 0.717) is 50.4 Å². The van der Waals surface area contributed by atoms with Gasteiger partial charge in [-0.15, -0.1) is 0 Å². The van der Waals surface area contributed by atoms with Crippen molar-refractivity contribution in [1.29, 1.82) is 0 Å². The van der Waals surface area contributed by atoms with E-state index < -0.39 is 0 Å². The van der Waals surface area contributed by atoms with Gasteiger partial charge in [-0.05, 0) is 44.2 Å². The molecule has 2 heterocycles. The number of rotatable bonds is 4. The number of methoxy groups -OCH3 is 1. The van der Waals surface area contributed by atoms with Gasteiger partial charge in [0.15, 0.2) is 22.5 Å². The Kier molecular flexibility index (Phi) is 4.28. The third-order valence-electron chi connectivity index (χ3n) is 5.15. The van der Waals surface area contributed by atoms with Crippen molar-refractivity contribution in [2.45, 2.75) is 20.0 Å². The number of benzene rings is 3. The molecule has 0 aliphatic carbocycles. The maximum atomic E-state index is 12.9. The van der Waals surface area contributed by atoms with E-state index in [1.54, 1.807) is 43.5 Å². The highest BCUT2D eigenvalue weighted by atomic mass is 16.5.